The number of thiazole rings is 1. The lowest BCUT2D eigenvalue weighted by atomic mass is 10.2. The fourth-order valence-corrected chi connectivity index (χ4v) is 3.74. The van der Waals surface area contributed by atoms with Gasteiger partial charge in [0.2, 0.25) is 0 Å². The Balaban J connectivity index is 2.15. The van der Waals surface area contributed by atoms with Gasteiger partial charge in [0.15, 0.2) is 5.69 Å². The van der Waals surface area contributed by atoms with Crippen LogP contribution < -0.4 is 5.32 Å². The van der Waals surface area contributed by atoms with Gasteiger partial charge in [0, 0.05) is 17.8 Å². The fourth-order valence-electron chi connectivity index (χ4n) is 1.85. The third-order valence-electron chi connectivity index (χ3n) is 2.75. The zero-order valence-electron chi connectivity index (χ0n) is 11.8. The summed E-state index contributed by atoms with van der Waals surface area (Å²) in [5, 5.41) is 5.49. The number of nitrogens with one attached hydrogen (secondary N) is 1. The second-order valence-electron chi connectivity index (χ2n) is 5.16. The molecule has 0 aliphatic carbocycles. The molecule has 0 unspecified atom stereocenters. The molecule has 0 fully saturated rings. The standard InChI is InChI=1S/C14H17F3N2S2/c1-9(2)7-18-8-11-13(14(15,16)17)19-12(21-11)6-10-4-3-5-20-10/h3-5,9,18H,6-8H2,1-2H3. The summed E-state index contributed by atoms with van der Waals surface area (Å²) in [4.78, 5) is 5.11. The quantitative estimate of drug-likeness (QED) is 0.838. The number of thiophene rings is 1. The molecule has 0 saturated carbocycles. The number of halogens is 3. The van der Waals surface area contributed by atoms with Crippen molar-refractivity contribution in [1.82, 2.24) is 10.3 Å². The SMILES string of the molecule is CC(C)CNCc1sc(Cc2cccs2)nc1C(F)(F)F. The molecule has 0 amide bonds. The van der Waals surface area contributed by atoms with Crippen LogP contribution >= 0.6 is 22.7 Å². The van der Waals surface area contributed by atoms with Crippen molar-refractivity contribution in [3.8, 4) is 0 Å². The third kappa shape index (κ3) is 4.79. The molecule has 21 heavy (non-hydrogen) atoms. The Bertz CT molecular complexity index is 559. The number of alkyl halides is 3. The van der Waals surface area contributed by atoms with Crippen molar-refractivity contribution in [1.29, 1.82) is 0 Å². The van der Waals surface area contributed by atoms with Crippen molar-refractivity contribution in [2.75, 3.05) is 6.54 Å². The van der Waals surface area contributed by atoms with Gasteiger partial charge in [-0.1, -0.05) is 19.9 Å². The molecule has 2 heterocycles. The second kappa shape index (κ2) is 6.89. The summed E-state index contributed by atoms with van der Waals surface area (Å²) in [7, 11) is 0. The Labute approximate surface area is 130 Å². The van der Waals surface area contributed by atoms with Crippen LogP contribution in [0.3, 0.4) is 0 Å². The fraction of sp³-hybridized carbons (Fsp3) is 0.500. The van der Waals surface area contributed by atoms with Crippen LogP contribution in [0.1, 0.15) is 34.3 Å². The smallest absolute Gasteiger partial charge is 0.312 e. The predicted octanol–water partition coefficient (Wildman–Crippen LogP) is 4.56. The summed E-state index contributed by atoms with van der Waals surface area (Å²) in [5.74, 6) is 0.401. The van der Waals surface area contributed by atoms with Crippen LogP contribution in [0.25, 0.3) is 0 Å². The van der Waals surface area contributed by atoms with E-state index in [0.29, 0.717) is 23.9 Å². The van der Waals surface area contributed by atoms with Gasteiger partial charge in [0.25, 0.3) is 0 Å². The summed E-state index contributed by atoms with van der Waals surface area (Å²) < 4.78 is 39.1. The van der Waals surface area contributed by atoms with Crippen LogP contribution in [-0.4, -0.2) is 11.5 Å². The minimum atomic E-state index is -4.39. The molecule has 2 aromatic rings. The maximum absolute atomic E-state index is 13.0. The van der Waals surface area contributed by atoms with Gasteiger partial charge >= 0.3 is 6.18 Å². The van der Waals surface area contributed by atoms with Crippen LogP contribution in [0.5, 0.6) is 0 Å². The normalized spacial score (nSPS) is 12.3. The molecule has 0 spiro atoms. The highest BCUT2D eigenvalue weighted by molar-refractivity contribution is 7.12. The van der Waals surface area contributed by atoms with Crippen LogP contribution in [0, 0.1) is 5.92 Å². The number of nitrogens with zero attached hydrogens (tertiary/aromatic N) is 1. The highest BCUT2D eigenvalue weighted by Crippen LogP contribution is 2.35. The summed E-state index contributed by atoms with van der Waals surface area (Å²) in [5.41, 5.74) is -0.740. The lowest BCUT2D eigenvalue weighted by Crippen LogP contribution is -2.20. The van der Waals surface area contributed by atoms with Gasteiger partial charge in [-0.25, -0.2) is 4.98 Å². The first-order valence-electron chi connectivity index (χ1n) is 6.65. The van der Waals surface area contributed by atoms with Crippen LogP contribution in [-0.2, 0) is 19.1 Å². The molecule has 116 valence electrons. The zero-order chi connectivity index (χ0) is 15.5. The summed E-state index contributed by atoms with van der Waals surface area (Å²) in [6.45, 7) is 4.95. The van der Waals surface area contributed by atoms with Crippen molar-refractivity contribution in [2.24, 2.45) is 5.92 Å². The van der Waals surface area contributed by atoms with E-state index in [2.05, 4.69) is 10.3 Å². The molecule has 2 aromatic heterocycles. The maximum atomic E-state index is 13.0. The van der Waals surface area contributed by atoms with E-state index >= 15 is 0 Å². The van der Waals surface area contributed by atoms with E-state index in [9.17, 15) is 13.2 Å². The van der Waals surface area contributed by atoms with Gasteiger partial charge in [0.05, 0.1) is 9.88 Å². The molecule has 1 N–H and O–H groups in total. The lowest BCUT2D eigenvalue weighted by molar-refractivity contribution is -0.141. The molecular weight excluding hydrogens is 317 g/mol. The first-order chi connectivity index (χ1) is 9.86. The van der Waals surface area contributed by atoms with Gasteiger partial charge in [-0.05, 0) is 23.9 Å². The Hall–Kier alpha value is -0.920. The molecule has 0 aromatic carbocycles. The Morgan fingerprint density at radius 1 is 1.33 bits per heavy atom. The van der Waals surface area contributed by atoms with E-state index in [1.54, 1.807) is 0 Å². The molecule has 7 heteroatoms. The second-order valence-corrected chi connectivity index (χ2v) is 7.36. The molecule has 0 saturated heterocycles. The molecule has 0 atom stereocenters. The zero-order valence-corrected chi connectivity index (χ0v) is 13.5. The summed E-state index contributed by atoms with van der Waals surface area (Å²) in [6, 6.07) is 3.80. The Morgan fingerprint density at radius 3 is 2.67 bits per heavy atom. The van der Waals surface area contributed by atoms with E-state index in [0.717, 1.165) is 16.2 Å². The number of aromatic nitrogens is 1. The van der Waals surface area contributed by atoms with Crippen molar-refractivity contribution in [3.63, 3.8) is 0 Å². The van der Waals surface area contributed by atoms with E-state index < -0.39 is 11.9 Å². The lowest BCUT2D eigenvalue weighted by Gasteiger charge is -2.08. The largest absolute Gasteiger partial charge is 0.434 e. The van der Waals surface area contributed by atoms with Gasteiger partial charge in [-0.3, -0.25) is 0 Å². The summed E-state index contributed by atoms with van der Waals surface area (Å²) in [6.07, 6.45) is -3.92. The monoisotopic (exact) mass is 334 g/mol. The van der Waals surface area contributed by atoms with Gasteiger partial charge < -0.3 is 5.32 Å². The van der Waals surface area contributed by atoms with Crippen molar-refractivity contribution < 1.29 is 13.2 Å². The molecule has 2 rings (SSSR count). The van der Waals surface area contributed by atoms with Gasteiger partial charge in [-0.15, -0.1) is 22.7 Å². The molecular formula is C14H17F3N2S2. The highest BCUT2D eigenvalue weighted by Gasteiger charge is 2.37. The first kappa shape index (κ1) is 16.5. The molecule has 0 aliphatic rings. The third-order valence-corrected chi connectivity index (χ3v) is 4.69. The summed E-state index contributed by atoms with van der Waals surface area (Å²) >= 11 is 2.68. The molecule has 2 nitrogen and oxygen atoms in total. The first-order valence-corrected chi connectivity index (χ1v) is 8.34. The highest BCUT2D eigenvalue weighted by atomic mass is 32.1. The average molecular weight is 334 g/mol. The van der Waals surface area contributed by atoms with Crippen LogP contribution in [0.2, 0.25) is 0 Å². The Morgan fingerprint density at radius 2 is 2.10 bits per heavy atom. The van der Waals surface area contributed by atoms with E-state index in [4.69, 9.17) is 0 Å². The van der Waals surface area contributed by atoms with Crippen molar-refractivity contribution in [3.05, 3.63) is 38.0 Å². The number of hydrogen-bond donors (Lipinski definition) is 1. The topological polar surface area (TPSA) is 24.9 Å². The van der Waals surface area contributed by atoms with Crippen LogP contribution in [0.15, 0.2) is 17.5 Å². The molecule has 0 aliphatic heterocycles. The van der Waals surface area contributed by atoms with Crippen molar-refractivity contribution >= 4 is 22.7 Å². The van der Waals surface area contributed by atoms with Crippen molar-refractivity contribution in [2.45, 2.75) is 33.0 Å². The minimum Gasteiger partial charge on any atom is -0.312 e. The number of rotatable bonds is 6. The van der Waals surface area contributed by atoms with E-state index in [1.807, 2.05) is 31.4 Å². The number of hydrogen-bond acceptors (Lipinski definition) is 4. The predicted molar refractivity (Wildman–Crippen MR) is 80.8 cm³/mol. The van der Waals surface area contributed by atoms with Gasteiger partial charge in [-0.2, -0.15) is 13.2 Å². The Kier molecular flexibility index (Phi) is 5.40. The van der Waals surface area contributed by atoms with Gasteiger partial charge in [0.1, 0.15) is 0 Å². The molecule has 0 radical (unpaired) electrons. The van der Waals surface area contributed by atoms with Crippen LogP contribution in [0.4, 0.5) is 13.2 Å². The average Bonchev–Trinajstić information content (AvgIpc) is 2.98. The molecule has 0 bridgehead atoms. The van der Waals surface area contributed by atoms with E-state index in [-0.39, 0.29) is 11.4 Å². The maximum Gasteiger partial charge on any atom is 0.434 e. The van der Waals surface area contributed by atoms with E-state index in [1.165, 1.54) is 11.3 Å². The minimum absolute atomic E-state index is 0.217.